The van der Waals surface area contributed by atoms with Gasteiger partial charge in [-0.15, -0.1) is 6.42 Å². The molecule has 0 aromatic heterocycles. The van der Waals surface area contributed by atoms with Crippen LogP contribution in [0.15, 0.2) is 11.6 Å². The minimum Gasteiger partial charge on any atom is -0.460 e. The topological polar surface area (TPSA) is 50.1 Å². The Morgan fingerprint density at radius 2 is 1.92 bits per heavy atom. The lowest BCUT2D eigenvalue weighted by atomic mass is 10.0. The van der Waals surface area contributed by atoms with Crippen molar-refractivity contribution < 1.29 is 22.7 Å². The summed E-state index contributed by atoms with van der Waals surface area (Å²) in [5.74, 6) is -3.36. The number of allylic oxidation sites excluding steroid dienone is 2. The number of esters is 1. The summed E-state index contributed by atoms with van der Waals surface area (Å²) in [4.78, 5) is 12.3. The van der Waals surface area contributed by atoms with Gasteiger partial charge in [0.1, 0.15) is 12.4 Å². The molecular formula is C20H18F3NO2. The van der Waals surface area contributed by atoms with E-state index in [4.69, 9.17) is 16.4 Å². The van der Waals surface area contributed by atoms with E-state index in [9.17, 15) is 18.0 Å². The molecule has 0 bridgehead atoms. The first-order valence-electron chi connectivity index (χ1n) is 7.95. The van der Waals surface area contributed by atoms with Gasteiger partial charge in [0.25, 0.3) is 0 Å². The van der Waals surface area contributed by atoms with Crippen LogP contribution in [0.2, 0.25) is 0 Å². The van der Waals surface area contributed by atoms with Crippen LogP contribution in [-0.2, 0) is 16.1 Å². The second kappa shape index (κ2) is 6.88. The third-order valence-corrected chi connectivity index (χ3v) is 4.95. The minimum atomic E-state index is -1.47. The standard InChI is InChI=1S/C20H18F3NO2/c1-6-12-16(21)11(3)13(18(23)17(12)22)9-26-19(25)15-14(20(15,4)5)7-10(2)8-24/h1,7,14-15H,9H2,2-5H3/t14-,15+/m1/s1. The van der Waals surface area contributed by atoms with E-state index in [0.29, 0.717) is 5.57 Å². The fraction of sp³-hybridized carbons (Fsp3) is 0.400. The zero-order valence-electron chi connectivity index (χ0n) is 14.9. The fourth-order valence-electron chi connectivity index (χ4n) is 3.10. The molecule has 3 nitrogen and oxygen atoms in total. The molecule has 136 valence electrons. The third kappa shape index (κ3) is 3.20. The highest BCUT2D eigenvalue weighted by Crippen LogP contribution is 2.59. The van der Waals surface area contributed by atoms with Crippen molar-refractivity contribution in [2.24, 2.45) is 17.3 Å². The first kappa shape index (κ1) is 19.6. The molecule has 0 saturated heterocycles. The summed E-state index contributed by atoms with van der Waals surface area (Å²) in [7, 11) is 0. The van der Waals surface area contributed by atoms with E-state index in [2.05, 4.69) is 0 Å². The second-order valence-corrected chi connectivity index (χ2v) is 6.96. The predicted molar refractivity (Wildman–Crippen MR) is 88.9 cm³/mol. The predicted octanol–water partition coefficient (Wildman–Crippen LogP) is 4.18. The van der Waals surface area contributed by atoms with Gasteiger partial charge in [0, 0.05) is 11.1 Å². The van der Waals surface area contributed by atoms with Gasteiger partial charge in [-0.1, -0.05) is 25.8 Å². The molecule has 6 heteroatoms. The summed E-state index contributed by atoms with van der Waals surface area (Å²) in [5.41, 5.74) is -1.29. The van der Waals surface area contributed by atoms with E-state index in [1.54, 1.807) is 18.9 Å². The molecule has 0 N–H and O–H groups in total. The molecular weight excluding hydrogens is 343 g/mol. The number of benzene rings is 1. The molecule has 0 radical (unpaired) electrons. The summed E-state index contributed by atoms with van der Waals surface area (Å²) in [6.07, 6.45) is 6.69. The van der Waals surface area contributed by atoms with Crippen molar-refractivity contribution in [2.45, 2.75) is 34.3 Å². The second-order valence-electron chi connectivity index (χ2n) is 6.96. The summed E-state index contributed by atoms with van der Waals surface area (Å²) >= 11 is 0. The van der Waals surface area contributed by atoms with E-state index in [-0.39, 0.29) is 17.0 Å². The van der Waals surface area contributed by atoms with Crippen LogP contribution < -0.4 is 0 Å². The highest BCUT2D eigenvalue weighted by Gasteiger charge is 2.61. The van der Waals surface area contributed by atoms with Crippen LogP contribution in [0, 0.1) is 65.3 Å². The molecule has 1 aliphatic rings. The number of hydrogen-bond acceptors (Lipinski definition) is 3. The van der Waals surface area contributed by atoms with Crippen molar-refractivity contribution in [3.8, 4) is 18.4 Å². The molecule has 0 heterocycles. The number of nitrogens with zero attached hydrogens (tertiary/aromatic N) is 1. The lowest BCUT2D eigenvalue weighted by Gasteiger charge is -2.12. The molecule has 0 unspecified atom stereocenters. The summed E-state index contributed by atoms with van der Waals surface area (Å²) < 4.78 is 47.1. The Kier molecular flexibility index (Phi) is 5.18. The average Bonchev–Trinajstić information content (AvgIpc) is 3.13. The number of hydrogen-bond donors (Lipinski definition) is 0. The maximum absolute atomic E-state index is 14.1. The zero-order valence-corrected chi connectivity index (χ0v) is 14.9. The smallest absolute Gasteiger partial charge is 0.310 e. The van der Waals surface area contributed by atoms with Crippen LogP contribution in [0.4, 0.5) is 13.2 Å². The van der Waals surface area contributed by atoms with Crippen LogP contribution in [0.1, 0.15) is 37.5 Å². The van der Waals surface area contributed by atoms with Gasteiger partial charge in [-0.25, -0.2) is 13.2 Å². The minimum absolute atomic E-state index is 0.183. The van der Waals surface area contributed by atoms with Gasteiger partial charge in [-0.3, -0.25) is 4.79 Å². The largest absolute Gasteiger partial charge is 0.460 e. The highest BCUT2D eigenvalue weighted by molar-refractivity contribution is 5.78. The normalized spacial score (nSPS) is 20.9. The molecule has 2 rings (SSSR count). The number of nitriles is 1. The SMILES string of the molecule is C#Cc1c(F)c(C)c(COC(=O)[C@@H]2[C@@H](C=C(C)C#N)C2(C)C)c(F)c1F. The Balaban J connectivity index is 2.20. The van der Waals surface area contributed by atoms with E-state index in [0.717, 1.165) is 0 Å². The molecule has 1 aromatic carbocycles. The molecule has 0 amide bonds. The number of carbonyl (C=O) groups excluding carboxylic acids is 1. The van der Waals surface area contributed by atoms with Crippen LogP contribution in [0.3, 0.4) is 0 Å². The molecule has 1 aliphatic carbocycles. The molecule has 1 saturated carbocycles. The molecule has 0 aliphatic heterocycles. The van der Waals surface area contributed by atoms with E-state index in [1.165, 1.54) is 6.92 Å². The van der Waals surface area contributed by atoms with Gasteiger partial charge >= 0.3 is 5.97 Å². The first-order chi connectivity index (χ1) is 12.1. The van der Waals surface area contributed by atoms with E-state index >= 15 is 0 Å². The molecule has 1 aromatic rings. The van der Waals surface area contributed by atoms with Gasteiger partial charge in [-0.05, 0) is 30.7 Å². The molecule has 2 atom stereocenters. The number of ether oxygens (including phenoxy) is 1. The van der Waals surface area contributed by atoms with E-state index < -0.39 is 46.9 Å². The average molecular weight is 361 g/mol. The van der Waals surface area contributed by atoms with Crippen molar-refractivity contribution in [1.82, 2.24) is 0 Å². The van der Waals surface area contributed by atoms with Gasteiger partial charge < -0.3 is 4.74 Å². The summed E-state index contributed by atoms with van der Waals surface area (Å²) in [5, 5.41) is 8.85. The van der Waals surface area contributed by atoms with Gasteiger partial charge in [-0.2, -0.15) is 5.26 Å². The number of rotatable bonds is 4. The lowest BCUT2D eigenvalue weighted by Crippen LogP contribution is -2.14. The van der Waals surface area contributed by atoms with Gasteiger partial charge in [0.15, 0.2) is 11.6 Å². The number of terminal acetylenes is 1. The molecule has 0 spiro atoms. The van der Waals surface area contributed by atoms with Crippen molar-refractivity contribution in [3.63, 3.8) is 0 Å². The first-order valence-corrected chi connectivity index (χ1v) is 7.95. The quantitative estimate of drug-likeness (QED) is 0.350. The number of carbonyl (C=O) groups is 1. The van der Waals surface area contributed by atoms with E-state index in [1.807, 2.05) is 19.9 Å². The third-order valence-electron chi connectivity index (χ3n) is 4.95. The van der Waals surface area contributed by atoms with Crippen molar-refractivity contribution in [3.05, 3.63) is 45.8 Å². The van der Waals surface area contributed by atoms with Crippen LogP contribution in [0.5, 0.6) is 0 Å². The van der Waals surface area contributed by atoms with Crippen LogP contribution in [-0.4, -0.2) is 5.97 Å². The lowest BCUT2D eigenvalue weighted by molar-refractivity contribution is -0.147. The Hall–Kier alpha value is -2.73. The Morgan fingerprint density at radius 1 is 1.31 bits per heavy atom. The molecule has 26 heavy (non-hydrogen) atoms. The highest BCUT2D eigenvalue weighted by atomic mass is 19.2. The Bertz CT molecular complexity index is 859. The fourth-order valence-corrected chi connectivity index (χ4v) is 3.10. The number of halogens is 3. The van der Waals surface area contributed by atoms with Crippen molar-refractivity contribution in [1.29, 1.82) is 5.26 Å². The maximum Gasteiger partial charge on any atom is 0.310 e. The Morgan fingerprint density at radius 3 is 2.46 bits per heavy atom. The summed E-state index contributed by atoms with van der Waals surface area (Å²) in [6, 6.07) is 1.99. The van der Waals surface area contributed by atoms with Crippen LogP contribution >= 0.6 is 0 Å². The van der Waals surface area contributed by atoms with Crippen molar-refractivity contribution in [2.75, 3.05) is 0 Å². The van der Waals surface area contributed by atoms with Gasteiger partial charge in [0.05, 0.1) is 17.6 Å². The summed E-state index contributed by atoms with van der Waals surface area (Å²) in [6.45, 7) is 5.96. The van der Waals surface area contributed by atoms with Crippen molar-refractivity contribution >= 4 is 5.97 Å². The molecule has 1 fully saturated rings. The zero-order chi connectivity index (χ0) is 19.8. The van der Waals surface area contributed by atoms with Crippen LogP contribution in [0.25, 0.3) is 0 Å². The maximum atomic E-state index is 14.1. The monoisotopic (exact) mass is 361 g/mol. The van der Waals surface area contributed by atoms with Gasteiger partial charge in [0.2, 0.25) is 0 Å². The Labute approximate surface area is 150 Å².